The van der Waals surface area contributed by atoms with Crippen molar-refractivity contribution < 1.29 is 17.9 Å². The molecule has 0 aliphatic heterocycles. The van der Waals surface area contributed by atoms with Crippen molar-refractivity contribution in [1.82, 2.24) is 14.7 Å². The molecule has 0 radical (unpaired) electrons. The van der Waals surface area contributed by atoms with Crippen molar-refractivity contribution in [1.29, 1.82) is 0 Å². The van der Waals surface area contributed by atoms with E-state index < -0.39 is 21.3 Å². The topological polar surface area (TPSA) is 98.2 Å². The van der Waals surface area contributed by atoms with Crippen LogP contribution < -0.4 is 9.46 Å². The van der Waals surface area contributed by atoms with E-state index in [1.165, 1.54) is 6.07 Å². The highest BCUT2D eigenvalue weighted by atomic mass is 32.2. The quantitative estimate of drug-likeness (QED) is 0.670. The van der Waals surface area contributed by atoms with Gasteiger partial charge in [-0.05, 0) is 57.0 Å². The monoisotopic (exact) mass is 411 g/mol. The van der Waals surface area contributed by atoms with Gasteiger partial charge in [-0.15, -0.1) is 0 Å². The Morgan fingerprint density at radius 1 is 1.07 bits per heavy atom. The van der Waals surface area contributed by atoms with Crippen molar-refractivity contribution in [2.24, 2.45) is 0 Å². The largest absolute Gasteiger partial charge is 0.475 e. The van der Waals surface area contributed by atoms with Crippen molar-refractivity contribution in [3.8, 4) is 5.88 Å². The van der Waals surface area contributed by atoms with Gasteiger partial charge in [-0.2, -0.15) is 0 Å². The molecule has 0 spiro atoms. The predicted octanol–water partition coefficient (Wildman–Crippen LogP) is 2.95. The van der Waals surface area contributed by atoms with E-state index in [2.05, 4.69) is 14.7 Å². The lowest BCUT2D eigenvalue weighted by molar-refractivity contribution is -0.121. The highest BCUT2D eigenvalue weighted by Crippen LogP contribution is 2.51. The van der Waals surface area contributed by atoms with E-state index >= 15 is 0 Å². The maximum Gasteiger partial charge on any atom is 0.264 e. The lowest BCUT2D eigenvalue weighted by Crippen LogP contribution is -2.39. The van der Waals surface area contributed by atoms with Crippen molar-refractivity contribution in [2.45, 2.75) is 43.1 Å². The molecular weight excluding hydrogens is 390 g/mol. The van der Waals surface area contributed by atoms with Gasteiger partial charge >= 0.3 is 0 Å². The summed E-state index contributed by atoms with van der Waals surface area (Å²) in [6.07, 6.45) is 4.14. The van der Waals surface area contributed by atoms with Gasteiger partial charge in [0.1, 0.15) is 0 Å². The fourth-order valence-electron chi connectivity index (χ4n) is 3.40. The molecule has 0 saturated heterocycles. The van der Waals surface area contributed by atoms with Crippen LogP contribution in [0.25, 0.3) is 10.9 Å². The first kappa shape index (κ1) is 19.3. The molecule has 1 saturated carbocycles. The summed E-state index contributed by atoms with van der Waals surface area (Å²) in [7, 11) is -4.07. The van der Waals surface area contributed by atoms with Crippen molar-refractivity contribution >= 4 is 26.8 Å². The van der Waals surface area contributed by atoms with E-state index in [4.69, 9.17) is 4.74 Å². The van der Waals surface area contributed by atoms with Crippen LogP contribution in [0.1, 0.15) is 32.3 Å². The fourth-order valence-corrected chi connectivity index (χ4v) is 4.67. The Bertz CT molecular complexity index is 1180. The molecular formula is C21H21N3O4S. The summed E-state index contributed by atoms with van der Waals surface area (Å²) in [5.41, 5.74) is 0.207. The van der Waals surface area contributed by atoms with Gasteiger partial charge in [0.2, 0.25) is 11.8 Å². The van der Waals surface area contributed by atoms with Gasteiger partial charge in [0.05, 0.1) is 21.9 Å². The first-order valence-electron chi connectivity index (χ1n) is 9.37. The molecule has 3 aromatic rings. The highest BCUT2D eigenvalue weighted by Gasteiger charge is 2.54. The number of rotatable bonds is 6. The van der Waals surface area contributed by atoms with Crippen LogP contribution in [-0.4, -0.2) is 30.4 Å². The molecule has 0 atom stereocenters. The summed E-state index contributed by atoms with van der Waals surface area (Å²) in [6.45, 7) is 3.74. The number of carbonyl (C=O) groups excluding carboxylic acids is 1. The number of benzene rings is 1. The van der Waals surface area contributed by atoms with Crippen LogP contribution in [0, 0.1) is 0 Å². The smallest absolute Gasteiger partial charge is 0.264 e. The molecule has 1 fully saturated rings. The maximum atomic E-state index is 13.1. The lowest BCUT2D eigenvalue weighted by atomic mass is 9.96. The third kappa shape index (κ3) is 3.55. The molecule has 7 nitrogen and oxygen atoms in total. The summed E-state index contributed by atoms with van der Waals surface area (Å²) in [4.78, 5) is 21.6. The Hall–Kier alpha value is -3.00. The number of pyridine rings is 2. The van der Waals surface area contributed by atoms with Crippen LogP contribution in [0.15, 0.2) is 59.8 Å². The summed E-state index contributed by atoms with van der Waals surface area (Å²) in [5.74, 6) is -0.207. The Morgan fingerprint density at radius 3 is 2.52 bits per heavy atom. The highest BCUT2D eigenvalue weighted by molar-refractivity contribution is 7.90. The third-order valence-corrected chi connectivity index (χ3v) is 6.33. The number of nitrogens with one attached hydrogen (secondary N) is 1. The Balaban J connectivity index is 1.68. The predicted molar refractivity (Wildman–Crippen MR) is 108 cm³/mol. The van der Waals surface area contributed by atoms with E-state index in [-0.39, 0.29) is 11.0 Å². The molecule has 0 bridgehead atoms. The van der Waals surface area contributed by atoms with E-state index in [1.54, 1.807) is 48.8 Å². The van der Waals surface area contributed by atoms with Crippen LogP contribution in [0.3, 0.4) is 0 Å². The second-order valence-corrected chi connectivity index (χ2v) is 9.02. The van der Waals surface area contributed by atoms with Gasteiger partial charge in [-0.25, -0.2) is 18.1 Å². The summed E-state index contributed by atoms with van der Waals surface area (Å²) >= 11 is 0. The number of hydrogen-bond donors (Lipinski definition) is 1. The molecule has 1 aliphatic rings. The van der Waals surface area contributed by atoms with Crippen LogP contribution >= 0.6 is 0 Å². The number of fused-ring (bicyclic) bond motifs is 1. The van der Waals surface area contributed by atoms with Gasteiger partial charge in [0, 0.05) is 23.3 Å². The third-order valence-electron chi connectivity index (χ3n) is 4.94. The molecule has 29 heavy (non-hydrogen) atoms. The van der Waals surface area contributed by atoms with E-state index in [1.807, 2.05) is 13.8 Å². The van der Waals surface area contributed by atoms with Gasteiger partial charge < -0.3 is 4.74 Å². The van der Waals surface area contributed by atoms with Crippen LogP contribution in [0.5, 0.6) is 5.88 Å². The molecule has 2 aromatic heterocycles. The van der Waals surface area contributed by atoms with E-state index in [0.29, 0.717) is 35.2 Å². The van der Waals surface area contributed by atoms with Crippen molar-refractivity contribution in [2.75, 3.05) is 0 Å². The Kier molecular flexibility index (Phi) is 4.74. The second-order valence-electron chi connectivity index (χ2n) is 7.37. The summed E-state index contributed by atoms with van der Waals surface area (Å²) < 4.78 is 34.1. The molecule has 1 N–H and O–H groups in total. The molecule has 1 amide bonds. The zero-order chi connectivity index (χ0) is 20.6. The minimum atomic E-state index is -4.07. The number of hydrogen-bond acceptors (Lipinski definition) is 6. The van der Waals surface area contributed by atoms with E-state index in [0.717, 1.165) is 0 Å². The summed E-state index contributed by atoms with van der Waals surface area (Å²) in [6, 6.07) is 11.6. The molecule has 150 valence electrons. The standard InChI is InChI=1S/C21H21N3O4S/c1-14(2)28-19-16(7-5-13-23-19)21(10-11-21)20(25)24-29(26,27)18-9-3-8-17-15(18)6-4-12-22-17/h3-9,12-14H,10-11H2,1-2H3,(H,24,25). The number of aromatic nitrogens is 2. The average molecular weight is 411 g/mol. The Labute approximate surface area is 169 Å². The van der Waals surface area contributed by atoms with Gasteiger partial charge in [-0.1, -0.05) is 12.1 Å². The van der Waals surface area contributed by atoms with Gasteiger partial charge in [0.15, 0.2) is 0 Å². The zero-order valence-electron chi connectivity index (χ0n) is 16.1. The lowest BCUT2D eigenvalue weighted by Gasteiger charge is -2.20. The number of amides is 1. The fraction of sp³-hybridized carbons (Fsp3) is 0.286. The number of sulfonamides is 1. The van der Waals surface area contributed by atoms with Crippen molar-refractivity contribution in [3.63, 3.8) is 0 Å². The minimum Gasteiger partial charge on any atom is -0.475 e. The normalized spacial score (nSPS) is 15.3. The van der Waals surface area contributed by atoms with E-state index in [9.17, 15) is 13.2 Å². The van der Waals surface area contributed by atoms with Crippen molar-refractivity contribution in [3.05, 3.63) is 60.4 Å². The first-order valence-corrected chi connectivity index (χ1v) is 10.8. The molecule has 8 heteroatoms. The molecule has 1 aromatic carbocycles. The van der Waals surface area contributed by atoms with Crippen LogP contribution in [-0.2, 0) is 20.2 Å². The molecule has 2 heterocycles. The van der Waals surface area contributed by atoms with Crippen LogP contribution in [0.2, 0.25) is 0 Å². The number of carbonyl (C=O) groups is 1. The number of ether oxygens (including phenoxy) is 1. The van der Waals surface area contributed by atoms with Gasteiger partial charge in [-0.3, -0.25) is 9.78 Å². The SMILES string of the molecule is CC(C)Oc1ncccc1C1(C(=O)NS(=O)(=O)c2cccc3ncccc23)CC1. The minimum absolute atomic E-state index is 0.0251. The molecule has 1 aliphatic carbocycles. The summed E-state index contributed by atoms with van der Waals surface area (Å²) in [5, 5.41) is 0.463. The average Bonchev–Trinajstić information content (AvgIpc) is 3.49. The number of nitrogens with zero attached hydrogens (tertiary/aromatic N) is 2. The first-order chi connectivity index (χ1) is 13.8. The van der Waals surface area contributed by atoms with Gasteiger partial charge in [0.25, 0.3) is 10.0 Å². The Morgan fingerprint density at radius 2 is 1.79 bits per heavy atom. The second kappa shape index (κ2) is 7.11. The maximum absolute atomic E-state index is 13.1. The molecule has 0 unspecified atom stereocenters. The molecule has 4 rings (SSSR count). The zero-order valence-corrected chi connectivity index (χ0v) is 16.9. The van der Waals surface area contributed by atoms with Crippen LogP contribution in [0.4, 0.5) is 0 Å².